The minimum atomic E-state index is -0.523. The zero-order valence-corrected chi connectivity index (χ0v) is 15.4. The second kappa shape index (κ2) is 8.46. The zero-order valence-electron chi connectivity index (χ0n) is 14.6. The topological polar surface area (TPSA) is 81.5 Å². The SMILES string of the molecule is Cc1ccc([N+](=O)[O-])c(OCC(=O)N[C@@H](c2ccccc2)c2cccs2)c1. The molecule has 0 spiro atoms. The molecule has 0 bridgehead atoms. The Morgan fingerprint density at radius 1 is 1.19 bits per heavy atom. The van der Waals surface area contributed by atoms with Crippen molar-refractivity contribution in [2.75, 3.05) is 6.61 Å². The third-order valence-electron chi connectivity index (χ3n) is 3.94. The van der Waals surface area contributed by atoms with Gasteiger partial charge in [-0.05, 0) is 35.6 Å². The van der Waals surface area contributed by atoms with Crippen molar-refractivity contribution in [1.82, 2.24) is 5.32 Å². The number of hydrogen-bond acceptors (Lipinski definition) is 5. The number of ether oxygens (including phenoxy) is 1. The molecule has 1 aromatic heterocycles. The highest BCUT2D eigenvalue weighted by atomic mass is 32.1. The van der Waals surface area contributed by atoms with Crippen LogP contribution >= 0.6 is 11.3 Å². The average molecular weight is 382 g/mol. The Balaban J connectivity index is 1.73. The lowest BCUT2D eigenvalue weighted by molar-refractivity contribution is -0.385. The fourth-order valence-electron chi connectivity index (χ4n) is 2.65. The molecular weight excluding hydrogens is 364 g/mol. The first-order chi connectivity index (χ1) is 13.0. The molecule has 6 nitrogen and oxygen atoms in total. The molecule has 7 heteroatoms. The van der Waals surface area contributed by atoms with Crippen LogP contribution in [0.5, 0.6) is 5.75 Å². The third kappa shape index (κ3) is 4.71. The van der Waals surface area contributed by atoms with E-state index in [1.807, 2.05) is 47.8 Å². The van der Waals surface area contributed by atoms with E-state index >= 15 is 0 Å². The number of nitro benzene ring substituents is 1. The molecule has 1 amide bonds. The maximum atomic E-state index is 12.5. The number of hydrogen-bond donors (Lipinski definition) is 1. The molecule has 27 heavy (non-hydrogen) atoms. The van der Waals surface area contributed by atoms with Gasteiger partial charge in [0.05, 0.1) is 11.0 Å². The van der Waals surface area contributed by atoms with Crippen molar-refractivity contribution in [3.8, 4) is 5.75 Å². The van der Waals surface area contributed by atoms with Gasteiger partial charge in [0.1, 0.15) is 0 Å². The van der Waals surface area contributed by atoms with Crippen molar-refractivity contribution in [3.63, 3.8) is 0 Å². The van der Waals surface area contributed by atoms with E-state index < -0.39 is 4.92 Å². The molecule has 138 valence electrons. The maximum Gasteiger partial charge on any atom is 0.310 e. The summed E-state index contributed by atoms with van der Waals surface area (Å²) in [6, 6.07) is 17.8. The highest BCUT2D eigenvalue weighted by molar-refractivity contribution is 7.10. The van der Waals surface area contributed by atoms with Gasteiger partial charge >= 0.3 is 5.69 Å². The number of benzene rings is 2. The molecule has 0 fully saturated rings. The number of nitro groups is 1. The monoisotopic (exact) mass is 382 g/mol. The van der Waals surface area contributed by atoms with E-state index in [9.17, 15) is 14.9 Å². The van der Waals surface area contributed by atoms with Gasteiger partial charge in [-0.25, -0.2) is 0 Å². The second-order valence-corrected chi connectivity index (χ2v) is 6.92. The van der Waals surface area contributed by atoms with Crippen LogP contribution in [0.4, 0.5) is 5.69 Å². The molecule has 2 aromatic carbocycles. The summed E-state index contributed by atoms with van der Waals surface area (Å²) in [5, 5.41) is 16.0. The number of aryl methyl sites for hydroxylation is 1. The molecule has 0 saturated heterocycles. The quantitative estimate of drug-likeness (QED) is 0.489. The van der Waals surface area contributed by atoms with Crippen molar-refractivity contribution in [3.05, 3.63) is 92.2 Å². The maximum absolute atomic E-state index is 12.5. The Kier molecular flexibility index (Phi) is 5.83. The van der Waals surface area contributed by atoms with E-state index in [0.717, 1.165) is 16.0 Å². The molecule has 0 aliphatic rings. The van der Waals surface area contributed by atoms with Gasteiger partial charge in [-0.15, -0.1) is 11.3 Å². The second-order valence-electron chi connectivity index (χ2n) is 5.94. The zero-order chi connectivity index (χ0) is 19.2. The highest BCUT2D eigenvalue weighted by Crippen LogP contribution is 2.28. The lowest BCUT2D eigenvalue weighted by atomic mass is 10.1. The number of carbonyl (C=O) groups excluding carboxylic acids is 1. The predicted molar refractivity (Wildman–Crippen MR) is 104 cm³/mol. The van der Waals surface area contributed by atoms with Gasteiger partial charge in [0, 0.05) is 10.9 Å². The third-order valence-corrected chi connectivity index (χ3v) is 4.87. The number of thiophene rings is 1. The number of rotatable bonds is 7. The summed E-state index contributed by atoms with van der Waals surface area (Å²) in [4.78, 5) is 24.1. The summed E-state index contributed by atoms with van der Waals surface area (Å²) in [5.41, 5.74) is 1.61. The molecule has 0 radical (unpaired) electrons. The molecular formula is C20H18N2O4S. The van der Waals surface area contributed by atoms with Crippen LogP contribution in [0, 0.1) is 17.0 Å². The summed E-state index contributed by atoms with van der Waals surface area (Å²) in [6.07, 6.45) is 0. The highest BCUT2D eigenvalue weighted by Gasteiger charge is 2.20. The van der Waals surface area contributed by atoms with Crippen molar-refractivity contribution < 1.29 is 14.5 Å². The number of nitrogens with one attached hydrogen (secondary N) is 1. The molecule has 1 atom stereocenters. The molecule has 3 rings (SSSR count). The number of nitrogens with zero attached hydrogens (tertiary/aromatic N) is 1. The van der Waals surface area contributed by atoms with E-state index in [2.05, 4.69) is 5.32 Å². The molecule has 0 aliphatic heterocycles. The van der Waals surface area contributed by atoms with Crippen LogP contribution in [0.15, 0.2) is 66.0 Å². The van der Waals surface area contributed by atoms with Gasteiger partial charge < -0.3 is 10.1 Å². The average Bonchev–Trinajstić information content (AvgIpc) is 3.19. The Morgan fingerprint density at radius 2 is 1.96 bits per heavy atom. The van der Waals surface area contributed by atoms with Crippen LogP contribution in [-0.4, -0.2) is 17.4 Å². The minimum Gasteiger partial charge on any atom is -0.477 e. The van der Waals surface area contributed by atoms with Gasteiger partial charge in [-0.3, -0.25) is 14.9 Å². The summed E-state index contributed by atoms with van der Waals surface area (Å²) in [5.74, 6) is -0.268. The lowest BCUT2D eigenvalue weighted by Gasteiger charge is -2.18. The van der Waals surface area contributed by atoms with Crippen molar-refractivity contribution in [2.45, 2.75) is 13.0 Å². The van der Waals surface area contributed by atoms with Gasteiger partial charge in [-0.2, -0.15) is 0 Å². The lowest BCUT2D eigenvalue weighted by Crippen LogP contribution is -2.33. The van der Waals surface area contributed by atoms with Crippen molar-refractivity contribution in [1.29, 1.82) is 0 Å². The largest absolute Gasteiger partial charge is 0.477 e. The summed E-state index contributed by atoms with van der Waals surface area (Å²) in [7, 11) is 0. The first kappa shape index (κ1) is 18.6. The van der Waals surface area contributed by atoms with Crippen LogP contribution in [-0.2, 0) is 4.79 Å². The Hall–Kier alpha value is -3.19. The van der Waals surface area contributed by atoms with Crippen LogP contribution < -0.4 is 10.1 Å². The van der Waals surface area contributed by atoms with E-state index in [4.69, 9.17) is 4.74 Å². The number of amides is 1. The van der Waals surface area contributed by atoms with Gasteiger partial charge in [0.15, 0.2) is 12.4 Å². The minimum absolute atomic E-state index is 0.0857. The van der Waals surface area contributed by atoms with E-state index in [1.165, 1.54) is 6.07 Å². The van der Waals surface area contributed by atoms with Crippen molar-refractivity contribution >= 4 is 22.9 Å². The number of carbonyl (C=O) groups is 1. The summed E-state index contributed by atoms with van der Waals surface area (Å²) in [6.45, 7) is 1.50. The van der Waals surface area contributed by atoms with Crippen LogP contribution in [0.3, 0.4) is 0 Å². The standard InChI is InChI=1S/C20H18N2O4S/c1-14-9-10-16(22(24)25)17(12-14)26-13-19(23)21-20(18-8-5-11-27-18)15-6-3-2-4-7-15/h2-12,20H,13H2,1H3,(H,21,23)/t20-/m0/s1. The normalized spacial score (nSPS) is 11.6. The smallest absolute Gasteiger partial charge is 0.310 e. The van der Waals surface area contributed by atoms with E-state index in [1.54, 1.807) is 30.4 Å². The Morgan fingerprint density at radius 3 is 2.63 bits per heavy atom. The van der Waals surface area contributed by atoms with Crippen LogP contribution in [0.2, 0.25) is 0 Å². The van der Waals surface area contributed by atoms with Crippen LogP contribution in [0.25, 0.3) is 0 Å². The summed E-state index contributed by atoms with van der Waals surface area (Å²) >= 11 is 1.55. The summed E-state index contributed by atoms with van der Waals surface area (Å²) < 4.78 is 5.44. The van der Waals surface area contributed by atoms with E-state index in [0.29, 0.717) is 0 Å². The molecule has 3 aromatic rings. The molecule has 0 aliphatic carbocycles. The fraction of sp³-hybridized carbons (Fsp3) is 0.150. The van der Waals surface area contributed by atoms with Gasteiger partial charge in [0.25, 0.3) is 5.91 Å². The molecule has 0 saturated carbocycles. The first-order valence-electron chi connectivity index (χ1n) is 8.30. The Labute approximate surface area is 160 Å². The first-order valence-corrected chi connectivity index (χ1v) is 9.18. The van der Waals surface area contributed by atoms with Crippen LogP contribution in [0.1, 0.15) is 22.0 Å². The predicted octanol–water partition coefficient (Wildman–Crippen LogP) is 4.25. The Bertz CT molecular complexity index is 926. The molecule has 1 heterocycles. The van der Waals surface area contributed by atoms with Gasteiger partial charge in [-0.1, -0.05) is 42.5 Å². The van der Waals surface area contributed by atoms with Gasteiger partial charge in [0.2, 0.25) is 0 Å². The molecule has 0 unspecified atom stereocenters. The van der Waals surface area contributed by atoms with E-state index in [-0.39, 0.29) is 30.0 Å². The van der Waals surface area contributed by atoms with Crippen molar-refractivity contribution in [2.24, 2.45) is 0 Å². The molecule has 1 N–H and O–H groups in total. The fourth-order valence-corrected chi connectivity index (χ4v) is 3.46.